The van der Waals surface area contributed by atoms with Gasteiger partial charge in [0.25, 0.3) is 0 Å². The maximum Gasteiger partial charge on any atom is 0.0811 e. The molecule has 7 atom stereocenters. The van der Waals surface area contributed by atoms with Crippen LogP contribution in [0.1, 0.15) is 90.9 Å². The molecule has 0 aliphatic heterocycles. The van der Waals surface area contributed by atoms with Crippen LogP contribution in [0.2, 0.25) is 0 Å². The second kappa shape index (κ2) is 10.6. The molecule has 184 valence electrons. The first-order valence-corrected chi connectivity index (χ1v) is 13.6. The first kappa shape index (κ1) is 24.9. The summed E-state index contributed by atoms with van der Waals surface area (Å²) < 4.78 is 0. The van der Waals surface area contributed by atoms with Crippen molar-refractivity contribution in [2.24, 2.45) is 29.1 Å². The Morgan fingerprint density at radius 3 is 2.52 bits per heavy atom. The predicted octanol–water partition coefficient (Wildman–Crippen LogP) is 6.26. The summed E-state index contributed by atoms with van der Waals surface area (Å²) in [6, 6.07) is 0. The number of hydrogen-bond acceptors (Lipinski definition) is 3. The van der Waals surface area contributed by atoms with Gasteiger partial charge in [0.05, 0.1) is 18.3 Å². The fourth-order valence-electron chi connectivity index (χ4n) is 7.66. The Kier molecular flexibility index (Phi) is 8.03. The van der Waals surface area contributed by atoms with Crippen LogP contribution in [0.3, 0.4) is 0 Å². The molecule has 3 N–H and O–H groups in total. The average Bonchev–Trinajstić information content (AvgIpc) is 3.16. The summed E-state index contributed by atoms with van der Waals surface area (Å²) in [5.74, 6) is 2.21. The molecule has 0 amide bonds. The minimum Gasteiger partial charge on any atom is -0.393 e. The molecule has 0 saturated heterocycles. The number of rotatable bonds is 5. The van der Waals surface area contributed by atoms with E-state index in [0.717, 1.165) is 17.6 Å². The number of hydrogen-bond donors (Lipinski definition) is 3. The Hall–Kier alpha value is -1.16. The van der Waals surface area contributed by atoms with Gasteiger partial charge in [-0.25, -0.2) is 0 Å². The van der Waals surface area contributed by atoms with Crippen molar-refractivity contribution in [3.63, 3.8) is 0 Å². The van der Waals surface area contributed by atoms with E-state index in [0.29, 0.717) is 41.9 Å². The first-order chi connectivity index (χ1) is 15.8. The third-order valence-corrected chi connectivity index (χ3v) is 9.68. The summed E-state index contributed by atoms with van der Waals surface area (Å²) in [5.41, 5.74) is 3.63. The highest BCUT2D eigenvalue weighted by Gasteiger charge is 2.50. The van der Waals surface area contributed by atoms with Gasteiger partial charge < -0.3 is 15.3 Å². The molecule has 3 heteroatoms. The highest BCUT2D eigenvalue weighted by molar-refractivity contribution is 5.38. The molecule has 0 bridgehead atoms. The molecule has 1 unspecified atom stereocenters. The molecule has 0 aromatic carbocycles. The molecule has 4 aliphatic rings. The third-order valence-electron chi connectivity index (χ3n) is 9.68. The largest absolute Gasteiger partial charge is 0.393 e. The highest BCUT2D eigenvalue weighted by Crippen LogP contribution is 2.59. The minimum atomic E-state index is -0.623. The number of allylic oxidation sites excluding steroid dienone is 4. The fraction of sp³-hybridized carbons (Fsp3) is 0.733. The minimum absolute atomic E-state index is 0.277. The van der Waals surface area contributed by atoms with E-state index in [1.807, 2.05) is 0 Å². The van der Waals surface area contributed by atoms with Crippen LogP contribution in [0.5, 0.6) is 0 Å². The highest BCUT2D eigenvalue weighted by atomic mass is 16.3. The van der Waals surface area contributed by atoms with E-state index in [-0.39, 0.29) is 6.10 Å². The Morgan fingerprint density at radius 2 is 1.76 bits per heavy atom. The van der Waals surface area contributed by atoms with Gasteiger partial charge in [-0.1, -0.05) is 69.6 Å². The zero-order valence-corrected chi connectivity index (χ0v) is 20.9. The molecular weight excluding hydrogens is 408 g/mol. The topological polar surface area (TPSA) is 60.7 Å². The molecule has 0 heterocycles. The van der Waals surface area contributed by atoms with Crippen LogP contribution in [0.25, 0.3) is 0 Å². The number of aliphatic hydroxyl groups is 3. The van der Waals surface area contributed by atoms with Crippen LogP contribution < -0.4 is 0 Å². The standard InChI is InChI=1S/C30H46O3/c1-20(11-16-28(32)23-8-5-4-6-9-23)26-14-15-27-22(10-7-17-30(26,27)3)12-13-24-18-25(31)19-29(33)21(24)2/h11-13,16,20,23,25-29,31-33H,2,4-10,14-15,17-19H2,1,3H3/t20-,25-,26-,27+,28?,29+,30-/m1/s1. The lowest BCUT2D eigenvalue weighted by Crippen LogP contribution is -2.35. The first-order valence-electron chi connectivity index (χ1n) is 13.6. The molecule has 0 radical (unpaired) electrons. The predicted molar refractivity (Wildman–Crippen MR) is 136 cm³/mol. The summed E-state index contributed by atoms with van der Waals surface area (Å²) in [5, 5.41) is 31.0. The zero-order valence-electron chi connectivity index (χ0n) is 20.9. The van der Waals surface area contributed by atoms with Crippen molar-refractivity contribution in [2.75, 3.05) is 0 Å². The smallest absolute Gasteiger partial charge is 0.0811 e. The second-order valence-corrected chi connectivity index (χ2v) is 11.8. The van der Waals surface area contributed by atoms with Crippen molar-refractivity contribution >= 4 is 0 Å². The second-order valence-electron chi connectivity index (χ2n) is 11.8. The van der Waals surface area contributed by atoms with Gasteiger partial charge in [0, 0.05) is 6.42 Å². The monoisotopic (exact) mass is 454 g/mol. The molecule has 3 nitrogen and oxygen atoms in total. The molecular formula is C30H46O3. The summed E-state index contributed by atoms with van der Waals surface area (Å²) in [6.07, 6.45) is 20.9. The summed E-state index contributed by atoms with van der Waals surface area (Å²) >= 11 is 0. The van der Waals surface area contributed by atoms with E-state index in [1.165, 1.54) is 57.8 Å². The van der Waals surface area contributed by atoms with Gasteiger partial charge in [-0.05, 0) is 91.6 Å². The van der Waals surface area contributed by atoms with Crippen LogP contribution in [0, 0.1) is 29.1 Å². The van der Waals surface area contributed by atoms with Gasteiger partial charge in [0.2, 0.25) is 0 Å². The van der Waals surface area contributed by atoms with Crippen molar-refractivity contribution < 1.29 is 15.3 Å². The summed E-state index contributed by atoms with van der Waals surface area (Å²) in [7, 11) is 0. The van der Waals surface area contributed by atoms with E-state index in [2.05, 4.69) is 44.7 Å². The molecule has 33 heavy (non-hydrogen) atoms. The molecule has 0 aromatic rings. The Morgan fingerprint density at radius 1 is 1.00 bits per heavy atom. The van der Waals surface area contributed by atoms with Crippen molar-refractivity contribution in [1.82, 2.24) is 0 Å². The third kappa shape index (κ3) is 5.41. The Labute approximate surface area is 201 Å². The van der Waals surface area contributed by atoms with E-state index in [9.17, 15) is 15.3 Å². The zero-order chi connectivity index (χ0) is 23.6. The van der Waals surface area contributed by atoms with Gasteiger partial charge in [-0.15, -0.1) is 0 Å². The van der Waals surface area contributed by atoms with E-state index in [1.54, 1.807) is 5.57 Å². The van der Waals surface area contributed by atoms with E-state index >= 15 is 0 Å². The fourth-order valence-corrected chi connectivity index (χ4v) is 7.66. The van der Waals surface area contributed by atoms with Crippen molar-refractivity contribution in [3.05, 3.63) is 47.6 Å². The number of aliphatic hydroxyl groups excluding tert-OH is 3. The van der Waals surface area contributed by atoms with Crippen LogP contribution >= 0.6 is 0 Å². The Balaban J connectivity index is 1.44. The molecule has 0 aromatic heterocycles. The maximum atomic E-state index is 10.7. The average molecular weight is 455 g/mol. The van der Waals surface area contributed by atoms with Gasteiger partial charge in [0.1, 0.15) is 0 Å². The van der Waals surface area contributed by atoms with E-state index < -0.39 is 12.2 Å². The quantitative estimate of drug-likeness (QED) is 0.430. The van der Waals surface area contributed by atoms with Crippen LogP contribution in [0.15, 0.2) is 47.6 Å². The summed E-state index contributed by atoms with van der Waals surface area (Å²) in [6.45, 7) is 8.93. The maximum absolute atomic E-state index is 10.7. The molecule has 4 saturated carbocycles. The normalized spacial score (nSPS) is 40.5. The molecule has 0 spiro atoms. The van der Waals surface area contributed by atoms with E-state index in [4.69, 9.17) is 0 Å². The van der Waals surface area contributed by atoms with Gasteiger partial charge >= 0.3 is 0 Å². The van der Waals surface area contributed by atoms with Gasteiger partial charge in [-0.2, -0.15) is 0 Å². The molecule has 4 aliphatic carbocycles. The lowest BCUT2D eigenvalue weighted by atomic mass is 9.61. The van der Waals surface area contributed by atoms with Crippen LogP contribution in [-0.2, 0) is 0 Å². The lowest BCUT2D eigenvalue weighted by Gasteiger charge is -2.44. The van der Waals surface area contributed by atoms with Crippen LogP contribution in [0.4, 0.5) is 0 Å². The van der Waals surface area contributed by atoms with Crippen LogP contribution in [-0.4, -0.2) is 33.6 Å². The lowest BCUT2D eigenvalue weighted by molar-refractivity contribution is 0.0862. The summed E-state index contributed by atoms with van der Waals surface area (Å²) in [4.78, 5) is 0. The molecule has 4 fully saturated rings. The van der Waals surface area contributed by atoms with Gasteiger partial charge in [0.15, 0.2) is 0 Å². The van der Waals surface area contributed by atoms with Gasteiger partial charge in [-0.3, -0.25) is 0 Å². The van der Waals surface area contributed by atoms with Crippen molar-refractivity contribution in [2.45, 2.75) is 109 Å². The van der Waals surface area contributed by atoms with Crippen molar-refractivity contribution in [1.29, 1.82) is 0 Å². The van der Waals surface area contributed by atoms with Crippen molar-refractivity contribution in [3.8, 4) is 0 Å². The SMILES string of the molecule is C=C1C(=CC=C2CCC[C@]3(C)[C@@H]([C@H](C)C=CC(O)C4CCCCC4)CC[C@@H]23)C[C@@H](O)C[C@@H]1O. The Bertz CT molecular complexity index is 786. The molecule has 4 rings (SSSR count). The number of fused-ring (bicyclic) bond motifs is 1.